The highest BCUT2D eigenvalue weighted by Crippen LogP contribution is 2.18. The second kappa shape index (κ2) is 4.32. The summed E-state index contributed by atoms with van der Waals surface area (Å²) in [6.45, 7) is 0. The fraction of sp³-hybridized carbons (Fsp3) is 0.0833. The molecule has 0 aliphatic heterocycles. The number of nitrogens with zero attached hydrogens (tertiary/aromatic N) is 1. The quantitative estimate of drug-likeness (QED) is 0.842. The summed E-state index contributed by atoms with van der Waals surface area (Å²) in [5.74, 6) is 0.229. The van der Waals surface area contributed by atoms with Crippen molar-refractivity contribution >= 4 is 11.6 Å². The standard InChI is InChI=1S/C12H10ClNO/c13-10-5-3-9(4-6-10)8-11-12(15)2-1-7-14-11/h1-7,15H,8H2. The second-order valence-electron chi connectivity index (χ2n) is 3.27. The predicted molar refractivity (Wildman–Crippen MR) is 60.2 cm³/mol. The highest BCUT2D eigenvalue weighted by atomic mass is 35.5. The molecular formula is C12H10ClNO. The van der Waals surface area contributed by atoms with E-state index in [9.17, 15) is 5.11 Å². The molecular weight excluding hydrogens is 210 g/mol. The fourth-order valence-electron chi connectivity index (χ4n) is 1.36. The van der Waals surface area contributed by atoms with Crippen LogP contribution >= 0.6 is 11.6 Å². The monoisotopic (exact) mass is 219 g/mol. The van der Waals surface area contributed by atoms with Gasteiger partial charge < -0.3 is 5.11 Å². The van der Waals surface area contributed by atoms with E-state index >= 15 is 0 Å². The first-order valence-corrected chi connectivity index (χ1v) is 5.01. The average molecular weight is 220 g/mol. The SMILES string of the molecule is Oc1cccnc1Cc1ccc(Cl)cc1. The van der Waals surface area contributed by atoms with Crippen molar-refractivity contribution in [3.05, 3.63) is 58.9 Å². The maximum atomic E-state index is 9.54. The highest BCUT2D eigenvalue weighted by molar-refractivity contribution is 6.30. The van der Waals surface area contributed by atoms with Crippen molar-refractivity contribution < 1.29 is 5.11 Å². The zero-order chi connectivity index (χ0) is 10.7. The number of pyridine rings is 1. The van der Waals surface area contributed by atoms with Crippen molar-refractivity contribution in [3.8, 4) is 5.75 Å². The molecule has 0 atom stereocenters. The number of benzene rings is 1. The summed E-state index contributed by atoms with van der Waals surface area (Å²) >= 11 is 5.78. The minimum absolute atomic E-state index is 0.229. The highest BCUT2D eigenvalue weighted by Gasteiger charge is 2.02. The lowest BCUT2D eigenvalue weighted by Crippen LogP contribution is -1.91. The molecule has 2 nitrogen and oxygen atoms in total. The van der Waals surface area contributed by atoms with E-state index in [1.54, 1.807) is 18.3 Å². The van der Waals surface area contributed by atoms with Crippen LogP contribution in [-0.2, 0) is 6.42 Å². The predicted octanol–water partition coefficient (Wildman–Crippen LogP) is 3.03. The first-order valence-electron chi connectivity index (χ1n) is 4.63. The summed E-state index contributed by atoms with van der Waals surface area (Å²) in [6.07, 6.45) is 2.29. The van der Waals surface area contributed by atoms with Crippen LogP contribution in [0.4, 0.5) is 0 Å². The van der Waals surface area contributed by atoms with Gasteiger partial charge in [-0.1, -0.05) is 23.7 Å². The number of hydrogen-bond donors (Lipinski definition) is 1. The number of halogens is 1. The molecule has 0 aliphatic carbocycles. The van der Waals surface area contributed by atoms with Crippen LogP contribution in [0.3, 0.4) is 0 Å². The fourth-order valence-corrected chi connectivity index (χ4v) is 1.49. The zero-order valence-corrected chi connectivity index (χ0v) is 8.78. The first kappa shape index (κ1) is 9.99. The Hall–Kier alpha value is -1.54. The molecule has 0 amide bonds. The molecule has 0 bridgehead atoms. The van der Waals surface area contributed by atoms with Gasteiger partial charge in [-0.2, -0.15) is 0 Å². The molecule has 1 heterocycles. The molecule has 1 aromatic heterocycles. The third-order valence-corrected chi connectivity index (χ3v) is 2.40. The molecule has 0 fully saturated rings. The van der Waals surface area contributed by atoms with Crippen molar-refractivity contribution in [2.24, 2.45) is 0 Å². The molecule has 0 radical (unpaired) electrons. The van der Waals surface area contributed by atoms with Crippen LogP contribution in [0.25, 0.3) is 0 Å². The molecule has 0 unspecified atom stereocenters. The van der Waals surface area contributed by atoms with Crippen molar-refractivity contribution in [3.63, 3.8) is 0 Å². The van der Waals surface area contributed by atoms with E-state index in [-0.39, 0.29) is 5.75 Å². The maximum absolute atomic E-state index is 9.54. The van der Waals surface area contributed by atoms with E-state index in [0.717, 1.165) is 5.56 Å². The topological polar surface area (TPSA) is 33.1 Å². The number of aromatic hydroxyl groups is 1. The van der Waals surface area contributed by atoms with Gasteiger partial charge in [0, 0.05) is 17.6 Å². The Labute approximate surface area is 93.2 Å². The van der Waals surface area contributed by atoms with E-state index < -0.39 is 0 Å². The minimum Gasteiger partial charge on any atom is -0.506 e. The summed E-state index contributed by atoms with van der Waals surface area (Å²) in [4.78, 5) is 4.11. The molecule has 0 saturated carbocycles. The Balaban J connectivity index is 2.22. The van der Waals surface area contributed by atoms with Crippen LogP contribution in [0.2, 0.25) is 5.02 Å². The zero-order valence-electron chi connectivity index (χ0n) is 8.02. The Bertz CT molecular complexity index is 453. The average Bonchev–Trinajstić information content (AvgIpc) is 2.25. The summed E-state index contributed by atoms with van der Waals surface area (Å²) < 4.78 is 0. The number of rotatable bonds is 2. The van der Waals surface area contributed by atoms with Gasteiger partial charge in [0.25, 0.3) is 0 Å². The van der Waals surface area contributed by atoms with Gasteiger partial charge in [-0.3, -0.25) is 4.98 Å². The lowest BCUT2D eigenvalue weighted by molar-refractivity contribution is 0.465. The lowest BCUT2D eigenvalue weighted by Gasteiger charge is -2.03. The summed E-state index contributed by atoms with van der Waals surface area (Å²) in [7, 11) is 0. The van der Waals surface area contributed by atoms with Gasteiger partial charge in [0.2, 0.25) is 0 Å². The molecule has 3 heteroatoms. The van der Waals surface area contributed by atoms with E-state index in [1.807, 2.05) is 24.3 Å². The largest absolute Gasteiger partial charge is 0.506 e. The van der Waals surface area contributed by atoms with Crippen LogP contribution in [0.1, 0.15) is 11.3 Å². The van der Waals surface area contributed by atoms with Crippen molar-refractivity contribution in [1.29, 1.82) is 0 Å². The van der Waals surface area contributed by atoms with Gasteiger partial charge >= 0.3 is 0 Å². The van der Waals surface area contributed by atoms with Crippen LogP contribution in [0, 0.1) is 0 Å². The molecule has 2 rings (SSSR count). The molecule has 1 N–H and O–H groups in total. The van der Waals surface area contributed by atoms with Gasteiger partial charge in [0.05, 0.1) is 5.69 Å². The van der Waals surface area contributed by atoms with Gasteiger partial charge in [-0.25, -0.2) is 0 Å². The Morgan fingerprint density at radius 1 is 1.13 bits per heavy atom. The molecule has 0 spiro atoms. The Morgan fingerprint density at radius 2 is 1.87 bits per heavy atom. The number of hydrogen-bond acceptors (Lipinski definition) is 2. The molecule has 1 aromatic carbocycles. The Kier molecular flexibility index (Phi) is 2.88. The summed E-state index contributed by atoms with van der Waals surface area (Å²) in [6, 6.07) is 10.9. The van der Waals surface area contributed by atoms with E-state index in [2.05, 4.69) is 4.98 Å². The maximum Gasteiger partial charge on any atom is 0.137 e. The van der Waals surface area contributed by atoms with E-state index in [4.69, 9.17) is 11.6 Å². The molecule has 0 saturated heterocycles. The van der Waals surface area contributed by atoms with Crippen LogP contribution < -0.4 is 0 Å². The van der Waals surface area contributed by atoms with Crippen LogP contribution in [0.5, 0.6) is 5.75 Å². The van der Waals surface area contributed by atoms with Gasteiger partial charge in [0.15, 0.2) is 0 Å². The second-order valence-corrected chi connectivity index (χ2v) is 3.71. The third kappa shape index (κ3) is 2.48. The molecule has 2 aromatic rings. The first-order chi connectivity index (χ1) is 7.25. The molecule has 15 heavy (non-hydrogen) atoms. The smallest absolute Gasteiger partial charge is 0.137 e. The Morgan fingerprint density at radius 3 is 2.53 bits per heavy atom. The normalized spacial score (nSPS) is 10.2. The van der Waals surface area contributed by atoms with E-state index in [1.165, 1.54) is 0 Å². The minimum atomic E-state index is 0.229. The van der Waals surface area contributed by atoms with Gasteiger partial charge in [0.1, 0.15) is 5.75 Å². The van der Waals surface area contributed by atoms with Gasteiger partial charge in [-0.05, 0) is 29.8 Å². The molecule has 76 valence electrons. The third-order valence-electron chi connectivity index (χ3n) is 2.15. The van der Waals surface area contributed by atoms with Crippen molar-refractivity contribution in [1.82, 2.24) is 4.98 Å². The van der Waals surface area contributed by atoms with E-state index in [0.29, 0.717) is 17.1 Å². The molecule has 0 aliphatic rings. The lowest BCUT2D eigenvalue weighted by atomic mass is 10.1. The van der Waals surface area contributed by atoms with Crippen LogP contribution in [0.15, 0.2) is 42.6 Å². The number of aromatic nitrogens is 1. The van der Waals surface area contributed by atoms with Crippen LogP contribution in [-0.4, -0.2) is 10.1 Å². The summed E-state index contributed by atoms with van der Waals surface area (Å²) in [5, 5.41) is 10.2. The summed E-state index contributed by atoms with van der Waals surface area (Å²) in [5.41, 5.74) is 1.76. The van der Waals surface area contributed by atoms with Crippen molar-refractivity contribution in [2.45, 2.75) is 6.42 Å². The van der Waals surface area contributed by atoms with Crippen molar-refractivity contribution in [2.75, 3.05) is 0 Å². The van der Waals surface area contributed by atoms with Gasteiger partial charge in [-0.15, -0.1) is 0 Å².